The predicted molar refractivity (Wildman–Crippen MR) is 64.1 cm³/mol. The van der Waals surface area contributed by atoms with Crippen LogP contribution in [0.2, 0.25) is 0 Å². The molecule has 1 aliphatic rings. The molecule has 0 aromatic carbocycles. The summed E-state index contributed by atoms with van der Waals surface area (Å²) >= 11 is 3.62. The van der Waals surface area contributed by atoms with Crippen molar-refractivity contribution < 1.29 is 4.74 Å². The summed E-state index contributed by atoms with van der Waals surface area (Å²) in [6, 6.07) is 0.718. The SMILES string of the molecule is COC(C)CN1CCCCCC1CBr. The number of methoxy groups -OCH3 is 1. The van der Waals surface area contributed by atoms with Crippen molar-refractivity contribution in [3.05, 3.63) is 0 Å². The molecule has 1 fully saturated rings. The quantitative estimate of drug-likeness (QED) is 0.724. The van der Waals surface area contributed by atoms with Gasteiger partial charge in [-0.15, -0.1) is 0 Å². The first-order valence-corrected chi connectivity index (χ1v) is 6.73. The fourth-order valence-corrected chi connectivity index (χ4v) is 2.79. The molecule has 0 amide bonds. The van der Waals surface area contributed by atoms with E-state index in [4.69, 9.17) is 4.74 Å². The molecule has 2 nitrogen and oxygen atoms in total. The van der Waals surface area contributed by atoms with Crippen LogP contribution in [0.4, 0.5) is 0 Å². The lowest BCUT2D eigenvalue weighted by Gasteiger charge is -2.30. The van der Waals surface area contributed by atoms with Crippen molar-refractivity contribution in [2.75, 3.05) is 25.5 Å². The van der Waals surface area contributed by atoms with Crippen molar-refractivity contribution in [2.24, 2.45) is 0 Å². The Hall–Kier alpha value is 0.400. The normalized spacial score (nSPS) is 27.2. The van der Waals surface area contributed by atoms with Crippen LogP contribution in [0.25, 0.3) is 0 Å². The zero-order valence-electron chi connectivity index (χ0n) is 9.34. The van der Waals surface area contributed by atoms with Gasteiger partial charge in [0.05, 0.1) is 6.10 Å². The molecule has 2 unspecified atom stereocenters. The standard InChI is InChI=1S/C11H22BrNO/c1-10(14-2)9-13-7-5-3-4-6-11(13)8-12/h10-11H,3-9H2,1-2H3. The number of rotatable bonds is 4. The molecule has 0 aromatic heterocycles. The second-order valence-corrected chi connectivity index (χ2v) is 4.85. The van der Waals surface area contributed by atoms with Crippen LogP contribution >= 0.6 is 15.9 Å². The molecule has 0 radical (unpaired) electrons. The van der Waals surface area contributed by atoms with E-state index >= 15 is 0 Å². The van der Waals surface area contributed by atoms with Gasteiger partial charge in [0.25, 0.3) is 0 Å². The maximum Gasteiger partial charge on any atom is 0.0670 e. The number of likely N-dealkylation sites (tertiary alicyclic amines) is 1. The summed E-state index contributed by atoms with van der Waals surface area (Å²) in [5, 5.41) is 1.10. The lowest BCUT2D eigenvalue weighted by Crippen LogP contribution is -2.40. The molecule has 0 spiro atoms. The first-order chi connectivity index (χ1) is 6.77. The molecule has 0 bridgehead atoms. The van der Waals surface area contributed by atoms with Crippen molar-refractivity contribution in [3.63, 3.8) is 0 Å². The third kappa shape index (κ3) is 3.87. The van der Waals surface area contributed by atoms with Gasteiger partial charge in [-0.1, -0.05) is 28.8 Å². The van der Waals surface area contributed by atoms with Crippen LogP contribution in [0.5, 0.6) is 0 Å². The monoisotopic (exact) mass is 263 g/mol. The number of hydrogen-bond acceptors (Lipinski definition) is 2. The maximum absolute atomic E-state index is 5.33. The Morgan fingerprint density at radius 2 is 2.21 bits per heavy atom. The number of halogens is 1. The van der Waals surface area contributed by atoms with Crippen molar-refractivity contribution in [1.29, 1.82) is 0 Å². The van der Waals surface area contributed by atoms with Crippen LogP contribution < -0.4 is 0 Å². The van der Waals surface area contributed by atoms with Gasteiger partial charge >= 0.3 is 0 Å². The fraction of sp³-hybridized carbons (Fsp3) is 1.00. The van der Waals surface area contributed by atoms with E-state index in [1.54, 1.807) is 7.11 Å². The third-order valence-electron chi connectivity index (χ3n) is 3.07. The van der Waals surface area contributed by atoms with Crippen molar-refractivity contribution in [2.45, 2.75) is 44.8 Å². The van der Waals surface area contributed by atoms with E-state index in [1.807, 2.05) is 0 Å². The van der Waals surface area contributed by atoms with Gasteiger partial charge in [-0.3, -0.25) is 4.90 Å². The summed E-state index contributed by atoms with van der Waals surface area (Å²) in [7, 11) is 1.80. The molecule has 84 valence electrons. The average Bonchev–Trinajstić information content (AvgIpc) is 2.42. The van der Waals surface area contributed by atoms with E-state index < -0.39 is 0 Å². The van der Waals surface area contributed by atoms with Gasteiger partial charge in [0.2, 0.25) is 0 Å². The van der Waals surface area contributed by atoms with Crippen molar-refractivity contribution in [3.8, 4) is 0 Å². The van der Waals surface area contributed by atoms with E-state index in [-0.39, 0.29) is 0 Å². The average molecular weight is 264 g/mol. The van der Waals surface area contributed by atoms with E-state index in [2.05, 4.69) is 27.8 Å². The third-order valence-corrected chi connectivity index (χ3v) is 3.82. The molecule has 1 rings (SSSR count). The van der Waals surface area contributed by atoms with Gasteiger partial charge in [-0.25, -0.2) is 0 Å². The lowest BCUT2D eigenvalue weighted by atomic mass is 10.1. The van der Waals surface area contributed by atoms with E-state index in [0.717, 1.165) is 17.9 Å². The minimum absolute atomic E-state index is 0.356. The highest BCUT2D eigenvalue weighted by Crippen LogP contribution is 2.18. The zero-order chi connectivity index (χ0) is 10.4. The van der Waals surface area contributed by atoms with Crippen LogP contribution in [-0.4, -0.2) is 42.6 Å². The highest BCUT2D eigenvalue weighted by molar-refractivity contribution is 9.09. The van der Waals surface area contributed by atoms with Crippen LogP contribution in [-0.2, 0) is 4.74 Å². The predicted octanol–water partition coefficient (Wildman–Crippen LogP) is 2.66. The smallest absolute Gasteiger partial charge is 0.0670 e. The second-order valence-electron chi connectivity index (χ2n) is 4.20. The number of ether oxygens (including phenoxy) is 1. The number of hydrogen-bond donors (Lipinski definition) is 0. The molecular weight excluding hydrogens is 242 g/mol. The van der Waals surface area contributed by atoms with Crippen LogP contribution in [0.3, 0.4) is 0 Å². The molecule has 14 heavy (non-hydrogen) atoms. The lowest BCUT2D eigenvalue weighted by molar-refractivity contribution is 0.0649. The Labute approximate surface area is 96.1 Å². The Balaban J connectivity index is 2.43. The minimum Gasteiger partial charge on any atom is -0.380 e. The summed E-state index contributed by atoms with van der Waals surface area (Å²) in [5.74, 6) is 0. The van der Waals surface area contributed by atoms with E-state index in [9.17, 15) is 0 Å². The van der Waals surface area contributed by atoms with Gasteiger partial charge in [-0.2, -0.15) is 0 Å². The van der Waals surface area contributed by atoms with Gasteiger partial charge in [0, 0.05) is 25.0 Å². The molecule has 3 heteroatoms. The van der Waals surface area contributed by atoms with Crippen LogP contribution in [0, 0.1) is 0 Å². The summed E-state index contributed by atoms with van der Waals surface area (Å²) < 4.78 is 5.33. The molecular formula is C11H22BrNO. The Morgan fingerprint density at radius 1 is 1.43 bits per heavy atom. The van der Waals surface area contributed by atoms with E-state index in [1.165, 1.54) is 32.2 Å². The molecule has 1 saturated heterocycles. The minimum atomic E-state index is 0.356. The first-order valence-electron chi connectivity index (χ1n) is 5.60. The number of nitrogens with zero attached hydrogens (tertiary/aromatic N) is 1. The molecule has 1 aliphatic heterocycles. The highest BCUT2D eigenvalue weighted by Gasteiger charge is 2.21. The van der Waals surface area contributed by atoms with Crippen LogP contribution in [0.15, 0.2) is 0 Å². The summed E-state index contributed by atoms with van der Waals surface area (Å²) in [6.45, 7) is 4.47. The van der Waals surface area contributed by atoms with E-state index in [0.29, 0.717) is 6.10 Å². The largest absolute Gasteiger partial charge is 0.380 e. The molecule has 0 aliphatic carbocycles. The Morgan fingerprint density at radius 3 is 2.86 bits per heavy atom. The van der Waals surface area contributed by atoms with Gasteiger partial charge < -0.3 is 4.74 Å². The van der Waals surface area contributed by atoms with Gasteiger partial charge in [0.15, 0.2) is 0 Å². The highest BCUT2D eigenvalue weighted by atomic mass is 79.9. The Bertz CT molecular complexity index is 154. The second kappa shape index (κ2) is 6.81. The maximum atomic E-state index is 5.33. The van der Waals surface area contributed by atoms with Crippen molar-refractivity contribution >= 4 is 15.9 Å². The van der Waals surface area contributed by atoms with Crippen LogP contribution in [0.1, 0.15) is 32.6 Å². The van der Waals surface area contributed by atoms with Crippen molar-refractivity contribution in [1.82, 2.24) is 4.90 Å². The molecule has 0 aromatic rings. The first kappa shape index (κ1) is 12.5. The van der Waals surface area contributed by atoms with Gasteiger partial charge in [-0.05, 0) is 26.3 Å². The molecule has 1 heterocycles. The zero-order valence-corrected chi connectivity index (χ0v) is 10.9. The molecule has 0 N–H and O–H groups in total. The molecule has 2 atom stereocenters. The summed E-state index contributed by atoms with van der Waals surface area (Å²) in [5.41, 5.74) is 0. The summed E-state index contributed by atoms with van der Waals surface area (Å²) in [6.07, 6.45) is 5.81. The Kier molecular flexibility index (Phi) is 6.06. The number of alkyl halides is 1. The fourth-order valence-electron chi connectivity index (χ4n) is 2.06. The van der Waals surface area contributed by atoms with Gasteiger partial charge in [0.1, 0.15) is 0 Å². The molecule has 0 saturated carbocycles. The summed E-state index contributed by atoms with van der Waals surface area (Å²) in [4.78, 5) is 2.58. The topological polar surface area (TPSA) is 12.5 Å².